The summed E-state index contributed by atoms with van der Waals surface area (Å²) < 4.78 is 5.34. The standard InChI is InChI=1S/C12H18ClN3O/c1-7(2)11-15-10(13)8(3)12(16-11)14-9-4-5-17-6-9/h7,9H,4-6H2,1-3H3,(H,14,15,16). The number of aromatic nitrogens is 2. The van der Waals surface area contributed by atoms with Gasteiger partial charge in [0.15, 0.2) is 0 Å². The number of nitrogens with zero attached hydrogens (tertiary/aromatic N) is 2. The van der Waals surface area contributed by atoms with E-state index in [-0.39, 0.29) is 5.92 Å². The number of nitrogens with one attached hydrogen (secondary N) is 1. The molecule has 1 atom stereocenters. The lowest BCUT2D eigenvalue weighted by Gasteiger charge is -2.16. The Bertz CT molecular complexity index is 403. The van der Waals surface area contributed by atoms with E-state index in [2.05, 4.69) is 29.1 Å². The lowest BCUT2D eigenvalue weighted by molar-refractivity contribution is 0.195. The number of rotatable bonds is 3. The van der Waals surface area contributed by atoms with E-state index in [9.17, 15) is 0 Å². The molecule has 0 spiro atoms. The highest BCUT2D eigenvalue weighted by molar-refractivity contribution is 6.30. The Hall–Kier alpha value is -0.870. The van der Waals surface area contributed by atoms with Crippen LogP contribution in [-0.2, 0) is 4.74 Å². The van der Waals surface area contributed by atoms with Crippen molar-refractivity contribution in [2.24, 2.45) is 0 Å². The summed E-state index contributed by atoms with van der Waals surface area (Å²) in [4.78, 5) is 8.82. The molecule has 2 heterocycles. The van der Waals surface area contributed by atoms with Gasteiger partial charge in [0.2, 0.25) is 0 Å². The van der Waals surface area contributed by atoms with E-state index in [0.29, 0.717) is 11.2 Å². The molecule has 1 fully saturated rings. The summed E-state index contributed by atoms with van der Waals surface area (Å²) >= 11 is 6.13. The average molecular weight is 256 g/mol. The molecule has 0 saturated carbocycles. The van der Waals surface area contributed by atoms with Crippen molar-refractivity contribution in [1.29, 1.82) is 0 Å². The Morgan fingerprint density at radius 2 is 2.18 bits per heavy atom. The molecule has 5 heteroatoms. The van der Waals surface area contributed by atoms with Gasteiger partial charge >= 0.3 is 0 Å². The molecule has 1 aromatic heterocycles. The quantitative estimate of drug-likeness (QED) is 0.844. The zero-order valence-corrected chi connectivity index (χ0v) is 11.2. The van der Waals surface area contributed by atoms with Crippen molar-refractivity contribution in [2.45, 2.75) is 39.2 Å². The maximum atomic E-state index is 6.13. The molecule has 1 aromatic rings. The highest BCUT2D eigenvalue weighted by Gasteiger charge is 2.18. The van der Waals surface area contributed by atoms with Crippen molar-refractivity contribution in [2.75, 3.05) is 18.5 Å². The first-order valence-electron chi connectivity index (χ1n) is 5.96. The molecule has 17 heavy (non-hydrogen) atoms. The van der Waals surface area contributed by atoms with Crippen LogP contribution in [0.1, 0.15) is 37.6 Å². The van der Waals surface area contributed by atoms with E-state index < -0.39 is 0 Å². The molecule has 0 radical (unpaired) electrons. The SMILES string of the molecule is Cc1c(Cl)nc(C(C)C)nc1NC1CCOC1. The molecule has 0 bridgehead atoms. The summed E-state index contributed by atoms with van der Waals surface area (Å²) in [5, 5.41) is 3.92. The van der Waals surface area contributed by atoms with Crippen LogP contribution >= 0.6 is 11.6 Å². The summed E-state index contributed by atoms with van der Waals surface area (Å²) in [7, 11) is 0. The normalized spacial score (nSPS) is 19.9. The molecule has 4 nitrogen and oxygen atoms in total. The van der Waals surface area contributed by atoms with Gasteiger partial charge in [-0.2, -0.15) is 0 Å². The summed E-state index contributed by atoms with van der Waals surface area (Å²) in [6.07, 6.45) is 1.01. The number of hydrogen-bond acceptors (Lipinski definition) is 4. The van der Waals surface area contributed by atoms with Gasteiger partial charge in [0.05, 0.1) is 12.6 Å². The first-order valence-corrected chi connectivity index (χ1v) is 6.34. The molecule has 2 rings (SSSR count). The van der Waals surface area contributed by atoms with Crippen LogP contribution in [-0.4, -0.2) is 29.2 Å². The lowest BCUT2D eigenvalue weighted by atomic mass is 10.2. The van der Waals surface area contributed by atoms with Gasteiger partial charge in [-0.1, -0.05) is 25.4 Å². The van der Waals surface area contributed by atoms with Gasteiger partial charge in [-0.15, -0.1) is 0 Å². The zero-order chi connectivity index (χ0) is 12.4. The minimum absolute atomic E-state index is 0.272. The van der Waals surface area contributed by atoms with Crippen LogP contribution in [0.3, 0.4) is 0 Å². The van der Waals surface area contributed by atoms with E-state index in [1.165, 1.54) is 0 Å². The monoisotopic (exact) mass is 255 g/mol. The largest absolute Gasteiger partial charge is 0.379 e. The Balaban J connectivity index is 2.24. The van der Waals surface area contributed by atoms with Crippen molar-refractivity contribution in [3.8, 4) is 0 Å². The molecule has 0 aliphatic carbocycles. The number of halogens is 1. The van der Waals surface area contributed by atoms with E-state index >= 15 is 0 Å². The smallest absolute Gasteiger partial charge is 0.137 e. The van der Waals surface area contributed by atoms with E-state index in [4.69, 9.17) is 16.3 Å². The fourth-order valence-corrected chi connectivity index (χ4v) is 1.92. The third-order valence-electron chi connectivity index (χ3n) is 2.89. The van der Waals surface area contributed by atoms with Gasteiger partial charge in [-0.05, 0) is 13.3 Å². The minimum Gasteiger partial charge on any atom is -0.379 e. The van der Waals surface area contributed by atoms with E-state index in [0.717, 1.165) is 36.8 Å². The number of anilines is 1. The topological polar surface area (TPSA) is 47.0 Å². The van der Waals surface area contributed by atoms with Crippen LogP contribution in [0.15, 0.2) is 0 Å². The predicted molar refractivity (Wildman–Crippen MR) is 68.7 cm³/mol. The Morgan fingerprint density at radius 1 is 1.41 bits per heavy atom. The molecular formula is C12H18ClN3O. The summed E-state index contributed by atoms with van der Waals surface area (Å²) in [6.45, 7) is 7.60. The second-order valence-electron chi connectivity index (χ2n) is 4.71. The second kappa shape index (κ2) is 5.19. The van der Waals surface area contributed by atoms with Crippen LogP contribution in [0.2, 0.25) is 5.15 Å². The third-order valence-corrected chi connectivity index (χ3v) is 3.26. The van der Waals surface area contributed by atoms with Gasteiger partial charge in [0.1, 0.15) is 16.8 Å². The maximum absolute atomic E-state index is 6.13. The molecule has 1 aliphatic heterocycles. The third kappa shape index (κ3) is 2.87. The van der Waals surface area contributed by atoms with Crippen LogP contribution in [0.4, 0.5) is 5.82 Å². The van der Waals surface area contributed by atoms with E-state index in [1.807, 2.05) is 6.92 Å². The molecular weight excluding hydrogens is 238 g/mol. The Labute approximate surface area is 107 Å². The number of ether oxygens (including phenoxy) is 1. The molecule has 1 N–H and O–H groups in total. The fraction of sp³-hybridized carbons (Fsp3) is 0.667. The lowest BCUT2D eigenvalue weighted by Crippen LogP contribution is -2.21. The fourth-order valence-electron chi connectivity index (χ4n) is 1.75. The highest BCUT2D eigenvalue weighted by atomic mass is 35.5. The van der Waals surface area contributed by atoms with Crippen molar-refractivity contribution in [3.63, 3.8) is 0 Å². The van der Waals surface area contributed by atoms with Gasteiger partial charge in [0.25, 0.3) is 0 Å². The zero-order valence-electron chi connectivity index (χ0n) is 10.5. The molecule has 1 unspecified atom stereocenters. The first-order chi connectivity index (χ1) is 8.08. The highest BCUT2D eigenvalue weighted by Crippen LogP contribution is 2.24. The van der Waals surface area contributed by atoms with Gasteiger partial charge in [-0.3, -0.25) is 0 Å². The van der Waals surface area contributed by atoms with Crippen molar-refractivity contribution in [3.05, 3.63) is 16.5 Å². The summed E-state index contributed by atoms with van der Waals surface area (Å²) in [6, 6.07) is 0.333. The molecule has 0 amide bonds. The number of hydrogen-bond donors (Lipinski definition) is 1. The molecule has 1 saturated heterocycles. The Kier molecular flexibility index (Phi) is 3.84. The summed E-state index contributed by atoms with van der Waals surface area (Å²) in [5.74, 6) is 1.89. The van der Waals surface area contributed by atoms with Crippen molar-refractivity contribution in [1.82, 2.24) is 9.97 Å². The Morgan fingerprint density at radius 3 is 2.76 bits per heavy atom. The van der Waals surface area contributed by atoms with E-state index in [1.54, 1.807) is 0 Å². The second-order valence-corrected chi connectivity index (χ2v) is 5.06. The van der Waals surface area contributed by atoms with Crippen molar-refractivity contribution < 1.29 is 4.74 Å². The van der Waals surface area contributed by atoms with Gasteiger partial charge in [-0.25, -0.2) is 9.97 Å². The first kappa shape index (κ1) is 12.6. The van der Waals surface area contributed by atoms with Crippen molar-refractivity contribution >= 4 is 17.4 Å². The van der Waals surface area contributed by atoms with Crippen LogP contribution in [0.5, 0.6) is 0 Å². The molecule has 94 valence electrons. The predicted octanol–water partition coefficient (Wildman–Crippen LogP) is 2.76. The van der Waals surface area contributed by atoms with Gasteiger partial charge < -0.3 is 10.1 Å². The van der Waals surface area contributed by atoms with Crippen LogP contribution in [0.25, 0.3) is 0 Å². The summed E-state index contributed by atoms with van der Waals surface area (Å²) in [5.41, 5.74) is 0.906. The van der Waals surface area contributed by atoms with Crippen LogP contribution < -0.4 is 5.32 Å². The van der Waals surface area contributed by atoms with Crippen LogP contribution in [0, 0.1) is 6.92 Å². The average Bonchev–Trinajstić information content (AvgIpc) is 2.77. The molecule has 0 aromatic carbocycles. The van der Waals surface area contributed by atoms with Gasteiger partial charge in [0, 0.05) is 18.1 Å². The minimum atomic E-state index is 0.272. The molecule has 1 aliphatic rings. The maximum Gasteiger partial charge on any atom is 0.137 e.